The van der Waals surface area contributed by atoms with E-state index in [4.69, 9.17) is 23.2 Å². The zero-order chi connectivity index (χ0) is 14.1. The van der Waals surface area contributed by atoms with Crippen LogP contribution in [0.15, 0.2) is 14.8 Å². The molecule has 0 bridgehead atoms. The molecule has 5 nitrogen and oxygen atoms in total. The van der Waals surface area contributed by atoms with Crippen molar-refractivity contribution in [2.24, 2.45) is 8.73 Å². The summed E-state index contributed by atoms with van der Waals surface area (Å²) in [5, 5.41) is 3.65. The summed E-state index contributed by atoms with van der Waals surface area (Å²) in [6.45, 7) is 1.55. The van der Waals surface area contributed by atoms with Gasteiger partial charge in [-0.05, 0) is 25.3 Å². The molecule has 0 radical (unpaired) electrons. The Bertz CT molecular complexity index is 637. The van der Waals surface area contributed by atoms with Gasteiger partial charge in [0.25, 0.3) is 0 Å². The largest absolute Gasteiger partial charge is 0.325 e. The minimum absolute atomic E-state index is 0.150. The number of benzene rings is 1. The Morgan fingerprint density at radius 1 is 1.15 bits per heavy atom. The predicted octanol–water partition coefficient (Wildman–Crippen LogP) is 4.74. The highest BCUT2D eigenvalue weighted by Gasteiger charge is 2.23. The number of rotatable bonds is 1. The number of nitrogens with zero attached hydrogens (tertiary/aromatic N) is 3. The first-order chi connectivity index (χ1) is 9.66. The second kappa shape index (κ2) is 5.71. The number of urea groups is 1. The lowest BCUT2D eigenvalue weighted by Crippen LogP contribution is -2.38. The second-order valence-electron chi connectivity index (χ2n) is 4.65. The third kappa shape index (κ3) is 2.55. The van der Waals surface area contributed by atoms with Crippen LogP contribution in [0.5, 0.6) is 0 Å². The van der Waals surface area contributed by atoms with E-state index in [1.54, 1.807) is 11.0 Å². The number of carbonyl (C=O) groups is 1. The first-order valence-electron chi connectivity index (χ1n) is 6.33. The first kappa shape index (κ1) is 13.9. The van der Waals surface area contributed by atoms with E-state index in [2.05, 4.69) is 14.0 Å². The van der Waals surface area contributed by atoms with E-state index in [9.17, 15) is 4.79 Å². The SMILES string of the molecule is O=C(Nc1c(Cl)cc(Cl)c2c1N=S=N2)N1CCCCC1. The van der Waals surface area contributed by atoms with Gasteiger partial charge in [-0.1, -0.05) is 23.2 Å². The molecule has 0 saturated carbocycles. The van der Waals surface area contributed by atoms with Crippen LogP contribution in [0.25, 0.3) is 0 Å². The third-order valence-corrected chi connectivity index (χ3v) is 4.43. The molecule has 1 saturated heterocycles. The van der Waals surface area contributed by atoms with E-state index in [1.807, 2.05) is 0 Å². The van der Waals surface area contributed by atoms with E-state index in [0.717, 1.165) is 37.3 Å². The van der Waals surface area contributed by atoms with Crippen molar-refractivity contribution in [2.75, 3.05) is 18.4 Å². The number of halogens is 2. The van der Waals surface area contributed by atoms with Crippen LogP contribution >= 0.6 is 23.2 Å². The number of hydrogen-bond acceptors (Lipinski definition) is 3. The maximum Gasteiger partial charge on any atom is 0.321 e. The average molecular weight is 331 g/mol. The molecule has 1 fully saturated rings. The number of likely N-dealkylation sites (tertiary alicyclic amines) is 1. The maximum absolute atomic E-state index is 12.2. The Hall–Kier alpha value is -1.11. The van der Waals surface area contributed by atoms with Crippen molar-refractivity contribution in [3.8, 4) is 0 Å². The molecule has 1 N–H and O–H groups in total. The Morgan fingerprint density at radius 2 is 1.85 bits per heavy atom. The number of carbonyl (C=O) groups excluding carboxylic acids is 1. The Labute approximate surface area is 130 Å². The molecule has 8 heteroatoms. The molecule has 2 amide bonds. The number of fused-ring (bicyclic) bond motifs is 1. The van der Waals surface area contributed by atoms with Gasteiger partial charge in [-0.2, -0.15) is 8.73 Å². The van der Waals surface area contributed by atoms with Crippen molar-refractivity contribution in [1.29, 1.82) is 0 Å². The average Bonchev–Trinajstić information content (AvgIpc) is 2.94. The summed E-state index contributed by atoms with van der Waals surface area (Å²) in [5.41, 5.74) is 1.59. The van der Waals surface area contributed by atoms with Crippen molar-refractivity contribution in [3.05, 3.63) is 16.1 Å². The van der Waals surface area contributed by atoms with Gasteiger partial charge < -0.3 is 10.2 Å². The van der Waals surface area contributed by atoms with Gasteiger partial charge in [0.1, 0.15) is 11.4 Å². The van der Waals surface area contributed by atoms with Gasteiger partial charge in [-0.25, -0.2) is 4.79 Å². The number of amides is 2. The monoisotopic (exact) mass is 330 g/mol. The number of hydrogen-bond donors (Lipinski definition) is 1. The maximum atomic E-state index is 12.2. The van der Waals surface area contributed by atoms with Gasteiger partial charge in [0.05, 0.1) is 27.1 Å². The molecular formula is C12H12Cl2N4OS. The molecule has 106 valence electrons. The van der Waals surface area contributed by atoms with E-state index < -0.39 is 0 Å². The zero-order valence-electron chi connectivity index (χ0n) is 10.5. The summed E-state index contributed by atoms with van der Waals surface area (Å²) in [5.74, 6) is 0. The van der Waals surface area contributed by atoms with Gasteiger partial charge in [0.2, 0.25) is 0 Å². The summed E-state index contributed by atoms with van der Waals surface area (Å²) in [6.07, 6.45) is 3.25. The van der Waals surface area contributed by atoms with E-state index in [-0.39, 0.29) is 6.03 Å². The molecule has 0 aliphatic carbocycles. The zero-order valence-corrected chi connectivity index (χ0v) is 12.9. The molecule has 3 rings (SSSR count). The number of nitrogens with one attached hydrogen (secondary N) is 1. The van der Waals surface area contributed by atoms with Gasteiger partial charge in [-0.3, -0.25) is 0 Å². The van der Waals surface area contributed by atoms with Crippen LogP contribution in [-0.4, -0.2) is 24.0 Å². The van der Waals surface area contributed by atoms with Gasteiger partial charge in [0, 0.05) is 13.1 Å². The lowest BCUT2D eigenvalue weighted by molar-refractivity contribution is 0.200. The fourth-order valence-electron chi connectivity index (χ4n) is 2.28. The van der Waals surface area contributed by atoms with Gasteiger partial charge in [0.15, 0.2) is 0 Å². The van der Waals surface area contributed by atoms with E-state index >= 15 is 0 Å². The molecule has 20 heavy (non-hydrogen) atoms. The predicted molar refractivity (Wildman–Crippen MR) is 82.4 cm³/mol. The fraction of sp³-hybridized carbons (Fsp3) is 0.417. The van der Waals surface area contributed by atoms with Crippen molar-refractivity contribution in [3.63, 3.8) is 0 Å². The Kier molecular flexibility index (Phi) is 3.96. The van der Waals surface area contributed by atoms with E-state index in [0.29, 0.717) is 27.1 Å². The minimum atomic E-state index is -0.150. The molecule has 2 heterocycles. The van der Waals surface area contributed by atoms with Crippen LogP contribution in [0.3, 0.4) is 0 Å². The van der Waals surface area contributed by atoms with Crippen molar-refractivity contribution >= 4 is 57.6 Å². The Morgan fingerprint density at radius 3 is 2.60 bits per heavy atom. The van der Waals surface area contributed by atoms with Crippen LogP contribution in [0.4, 0.5) is 21.9 Å². The number of piperidine rings is 1. The molecule has 0 aromatic heterocycles. The topological polar surface area (TPSA) is 57.1 Å². The molecule has 2 aliphatic heterocycles. The molecular weight excluding hydrogens is 319 g/mol. The molecule has 1 aromatic rings. The van der Waals surface area contributed by atoms with Crippen LogP contribution in [0.1, 0.15) is 19.3 Å². The highest BCUT2D eigenvalue weighted by Crippen LogP contribution is 2.47. The third-order valence-electron chi connectivity index (χ3n) is 3.32. The highest BCUT2D eigenvalue weighted by molar-refractivity contribution is 7.58. The molecule has 0 atom stereocenters. The molecule has 0 unspecified atom stereocenters. The first-order valence-corrected chi connectivity index (χ1v) is 7.81. The molecule has 1 aromatic carbocycles. The van der Waals surface area contributed by atoms with Crippen LogP contribution in [0, 0.1) is 0 Å². The molecule has 2 aliphatic rings. The highest BCUT2D eigenvalue weighted by atomic mass is 35.5. The van der Waals surface area contributed by atoms with Gasteiger partial charge in [-0.15, -0.1) is 0 Å². The van der Waals surface area contributed by atoms with Crippen molar-refractivity contribution < 1.29 is 4.79 Å². The van der Waals surface area contributed by atoms with Crippen molar-refractivity contribution in [1.82, 2.24) is 4.90 Å². The summed E-state index contributed by atoms with van der Waals surface area (Å²) in [7, 11) is 0. The Balaban J connectivity index is 1.86. The number of anilines is 1. The van der Waals surface area contributed by atoms with Crippen molar-refractivity contribution in [2.45, 2.75) is 19.3 Å². The quantitative estimate of drug-likeness (QED) is 0.806. The smallest absolute Gasteiger partial charge is 0.321 e. The standard InChI is InChI=1S/C12H12Cl2N4OS/c13-7-6-8(14)10-11(17-20-16-10)9(7)15-12(19)18-4-2-1-3-5-18/h6H,1-5H2,(H,15,19). The van der Waals surface area contributed by atoms with E-state index in [1.165, 1.54) is 6.42 Å². The van der Waals surface area contributed by atoms with Crippen LogP contribution in [-0.2, 0) is 11.4 Å². The van der Waals surface area contributed by atoms with Gasteiger partial charge >= 0.3 is 6.03 Å². The summed E-state index contributed by atoms with van der Waals surface area (Å²) >= 11 is 13.3. The van der Waals surface area contributed by atoms with Crippen LogP contribution < -0.4 is 5.32 Å². The van der Waals surface area contributed by atoms with Crippen LogP contribution in [0.2, 0.25) is 10.0 Å². The summed E-state index contributed by atoms with van der Waals surface area (Å²) in [4.78, 5) is 14.0. The minimum Gasteiger partial charge on any atom is -0.325 e. The lowest BCUT2D eigenvalue weighted by atomic mass is 10.1. The molecule has 0 spiro atoms. The normalized spacial score (nSPS) is 16.8. The lowest BCUT2D eigenvalue weighted by Gasteiger charge is -2.27. The summed E-state index contributed by atoms with van der Waals surface area (Å²) in [6, 6.07) is 1.43. The second-order valence-corrected chi connectivity index (χ2v) is 6.00. The summed E-state index contributed by atoms with van der Waals surface area (Å²) < 4.78 is 8.28. The fourth-order valence-corrected chi connectivity index (χ4v) is 3.44.